The van der Waals surface area contributed by atoms with Gasteiger partial charge in [0.05, 0.1) is 28.3 Å². The van der Waals surface area contributed by atoms with Crippen molar-refractivity contribution in [3.8, 4) is 0 Å². The van der Waals surface area contributed by atoms with Gasteiger partial charge in [-0.15, -0.1) is 0 Å². The number of carbonyl (C=O) groups excluding carboxylic acids is 3. The maximum Gasteiger partial charge on any atom is 0.254 e. The Morgan fingerprint density at radius 1 is 1.12 bits per heavy atom. The molecule has 3 amide bonds. The summed E-state index contributed by atoms with van der Waals surface area (Å²) in [6.45, 7) is 4.13. The molecule has 0 radical (unpaired) electrons. The molecule has 1 aromatic heterocycles. The van der Waals surface area contributed by atoms with Crippen LogP contribution in [-0.2, 0) is 9.59 Å². The van der Waals surface area contributed by atoms with E-state index in [0.29, 0.717) is 17.1 Å². The number of para-hydroxylation sites is 3. The monoisotopic (exact) mass is 433 g/mol. The Hall–Kier alpha value is -3.68. The summed E-state index contributed by atoms with van der Waals surface area (Å²) in [5.41, 5.74) is 2.66. The smallest absolute Gasteiger partial charge is 0.254 e. The number of rotatable bonds is 7. The average molecular weight is 434 g/mol. The van der Waals surface area contributed by atoms with Gasteiger partial charge in [0, 0.05) is 6.42 Å². The van der Waals surface area contributed by atoms with Gasteiger partial charge in [0.2, 0.25) is 11.8 Å². The fraction of sp³-hybridized carbons (Fsp3) is 0.333. The number of aromatic amines is 1. The van der Waals surface area contributed by atoms with Crippen molar-refractivity contribution < 1.29 is 14.4 Å². The lowest BCUT2D eigenvalue weighted by Crippen LogP contribution is -2.42. The average Bonchev–Trinajstić information content (AvgIpc) is 3.18. The SMILES string of the molecule is CC[C@H](C)[C@@H](NC(=O)CC[C@H]1NC(=O)c2ccccc2NC1=O)c1nc2ccccc2[nH]1. The van der Waals surface area contributed by atoms with E-state index in [4.69, 9.17) is 0 Å². The second-order valence-corrected chi connectivity index (χ2v) is 8.17. The van der Waals surface area contributed by atoms with Crippen LogP contribution in [0.4, 0.5) is 5.69 Å². The first-order valence-corrected chi connectivity index (χ1v) is 10.9. The lowest BCUT2D eigenvalue weighted by atomic mass is 9.98. The van der Waals surface area contributed by atoms with Crippen LogP contribution in [0.15, 0.2) is 48.5 Å². The van der Waals surface area contributed by atoms with Gasteiger partial charge >= 0.3 is 0 Å². The van der Waals surface area contributed by atoms with Gasteiger partial charge in [-0.25, -0.2) is 4.98 Å². The fourth-order valence-corrected chi connectivity index (χ4v) is 3.87. The van der Waals surface area contributed by atoms with E-state index in [0.717, 1.165) is 17.5 Å². The van der Waals surface area contributed by atoms with Crippen LogP contribution in [0, 0.1) is 5.92 Å². The molecule has 0 bridgehead atoms. The van der Waals surface area contributed by atoms with Gasteiger partial charge < -0.3 is 20.9 Å². The summed E-state index contributed by atoms with van der Waals surface area (Å²) in [5, 5.41) is 8.56. The van der Waals surface area contributed by atoms with Gasteiger partial charge in [0.25, 0.3) is 5.91 Å². The number of hydrogen-bond donors (Lipinski definition) is 4. The van der Waals surface area contributed by atoms with Crippen LogP contribution in [0.3, 0.4) is 0 Å². The molecule has 0 unspecified atom stereocenters. The van der Waals surface area contributed by atoms with Crippen molar-refractivity contribution in [2.45, 2.75) is 45.2 Å². The Morgan fingerprint density at radius 2 is 1.88 bits per heavy atom. The third-order valence-corrected chi connectivity index (χ3v) is 5.94. The zero-order chi connectivity index (χ0) is 22.7. The molecule has 1 aliphatic heterocycles. The summed E-state index contributed by atoms with van der Waals surface area (Å²) < 4.78 is 0. The Bertz CT molecular complexity index is 1120. The van der Waals surface area contributed by atoms with Crippen LogP contribution in [0.2, 0.25) is 0 Å². The van der Waals surface area contributed by atoms with Gasteiger partial charge in [-0.1, -0.05) is 44.5 Å². The van der Waals surface area contributed by atoms with Crippen molar-refractivity contribution in [1.29, 1.82) is 0 Å². The molecule has 8 nitrogen and oxygen atoms in total. The van der Waals surface area contributed by atoms with E-state index in [1.165, 1.54) is 0 Å². The van der Waals surface area contributed by atoms with Crippen molar-refractivity contribution in [2.75, 3.05) is 5.32 Å². The highest BCUT2D eigenvalue weighted by atomic mass is 16.2. The topological polar surface area (TPSA) is 116 Å². The van der Waals surface area contributed by atoms with Crippen LogP contribution in [0.1, 0.15) is 55.3 Å². The summed E-state index contributed by atoms with van der Waals surface area (Å²) >= 11 is 0. The van der Waals surface area contributed by atoms with E-state index < -0.39 is 6.04 Å². The number of carbonyl (C=O) groups is 3. The second-order valence-electron chi connectivity index (χ2n) is 8.17. The molecule has 0 aliphatic carbocycles. The number of hydrogen-bond acceptors (Lipinski definition) is 4. The number of nitrogens with zero attached hydrogens (tertiary/aromatic N) is 1. The van der Waals surface area contributed by atoms with Gasteiger partial charge in [-0.2, -0.15) is 0 Å². The van der Waals surface area contributed by atoms with E-state index >= 15 is 0 Å². The molecule has 166 valence electrons. The molecule has 0 saturated heterocycles. The van der Waals surface area contributed by atoms with Crippen molar-refractivity contribution in [2.24, 2.45) is 5.92 Å². The molecule has 0 fully saturated rings. The molecule has 8 heteroatoms. The zero-order valence-corrected chi connectivity index (χ0v) is 18.1. The number of imidazole rings is 1. The zero-order valence-electron chi connectivity index (χ0n) is 18.1. The number of fused-ring (bicyclic) bond motifs is 2. The molecule has 32 heavy (non-hydrogen) atoms. The van der Waals surface area contributed by atoms with E-state index in [-0.39, 0.29) is 42.5 Å². The molecule has 3 aromatic rings. The van der Waals surface area contributed by atoms with Crippen LogP contribution in [-0.4, -0.2) is 33.7 Å². The molecular weight excluding hydrogens is 406 g/mol. The predicted molar refractivity (Wildman–Crippen MR) is 122 cm³/mol. The quantitative estimate of drug-likeness (QED) is 0.457. The number of aromatic nitrogens is 2. The minimum atomic E-state index is -0.783. The standard InChI is InChI=1S/C24H27N5O3/c1-3-14(2)21(22-25-17-10-6-7-11-18(17)26-22)29-20(30)13-12-19-24(32)27-16-9-5-4-8-15(16)23(31)28-19/h4-11,14,19,21H,3,12-13H2,1-2H3,(H,25,26)(H,27,32)(H,28,31)(H,29,30)/t14-,19+,21+/m0/s1. The van der Waals surface area contributed by atoms with Gasteiger partial charge in [-0.05, 0) is 36.6 Å². The number of nitrogens with one attached hydrogen (secondary N) is 4. The predicted octanol–water partition coefficient (Wildman–Crippen LogP) is 3.30. The van der Waals surface area contributed by atoms with E-state index in [2.05, 4.69) is 39.8 Å². The van der Waals surface area contributed by atoms with Crippen LogP contribution < -0.4 is 16.0 Å². The highest BCUT2D eigenvalue weighted by molar-refractivity contribution is 6.09. The molecule has 0 spiro atoms. The number of H-pyrrole nitrogens is 1. The molecular formula is C24H27N5O3. The molecule has 2 aromatic carbocycles. The van der Waals surface area contributed by atoms with E-state index in [1.807, 2.05) is 24.3 Å². The van der Waals surface area contributed by atoms with Crippen molar-refractivity contribution >= 4 is 34.4 Å². The Kier molecular flexibility index (Phi) is 6.20. The lowest BCUT2D eigenvalue weighted by molar-refractivity contribution is -0.123. The van der Waals surface area contributed by atoms with Crippen molar-refractivity contribution in [3.05, 3.63) is 59.9 Å². The van der Waals surface area contributed by atoms with Gasteiger partial charge in [-0.3, -0.25) is 14.4 Å². The first kappa shape index (κ1) is 21.5. The number of anilines is 1. The highest BCUT2D eigenvalue weighted by Crippen LogP contribution is 2.25. The normalized spacial score (nSPS) is 17.6. The Balaban J connectivity index is 1.42. The second kappa shape index (κ2) is 9.21. The third kappa shape index (κ3) is 4.49. The third-order valence-electron chi connectivity index (χ3n) is 5.94. The summed E-state index contributed by atoms with van der Waals surface area (Å²) in [5.74, 6) is 0.0234. The lowest BCUT2D eigenvalue weighted by Gasteiger charge is -2.23. The first-order chi connectivity index (χ1) is 15.5. The number of amides is 3. The summed E-state index contributed by atoms with van der Waals surface area (Å²) in [4.78, 5) is 45.8. The molecule has 4 N–H and O–H groups in total. The van der Waals surface area contributed by atoms with Gasteiger partial charge in [0.15, 0.2) is 0 Å². The highest BCUT2D eigenvalue weighted by Gasteiger charge is 2.29. The first-order valence-electron chi connectivity index (χ1n) is 10.9. The van der Waals surface area contributed by atoms with Gasteiger partial charge in [0.1, 0.15) is 11.9 Å². The molecule has 3 atom stereocenters. The maximum atomic E-state index is 12.8. The summed E-state index contributed by atoms with van der Waals surface area (Å²) in [6.07, 6.45) is 1.16. The van der Waals surface area contributed by atoms with E-state index in [1.54, 1.807) is 24.3 Å². The maximum absolute atomic E-state index is 12.8. The number of benzene rings is 2. The molecule has 1 aliphatic rings. The Labute approximate surface area is 186 Å². The summed E-state index contributed by atoms with van der Waals surface area (Å²) in [7, 11) is 0. The minimum Gasteiger partial charge on any atom is -0.346 e. The van der Waals surface area contributed by atoms with Crippen LogP contribution in [0.5, 0.6) is 0 Å². The molecule has 0 saturated carbocycles. The van der Waals surface area contributed by atoms with E-state index in [9.17, 15) is 14.4 Å². The fourth-order valence-electron chi connectivity index (χ4n) is 3.87. The molecule has 2 heterocycles. The minimum absolute atomic E-state index is 0.0991. The largest absolute Gasteiger partial charge is 0.346 e. The summed E-state index contributed by atoms with van der Waals surface area (Å²) in [6, 6.07) is 13.5. The van der Waals surface area contributed by atoms with Crippen LogP contribution >= 0.6 is 0 Å². The Morgan fingerprint density at radius 3 is 2.66 bits per heavy atom. The molecule has 4 rings (SSSR count). The van der Waals surface area contributed by atoms with Crippen LogP contribution in [0.25, 0.3) is 11.0 Å². The van der Waals surface area contributed by atoms with Crippen molar-refractivity contribution in [3.63, 3.8) is 0 Å². The van der Waals surface area contributed by atoms with Crippen molar-refractivity contribution in [1.82, 2.24) is 20.6 Å².